The Labute approximate surface area is 106 Å². The summed E-state index contributed by atoms with van der Waals surface area (Å²) in [6.45, 7) is 0. The van der Waals surface area contributed by atoms with E-state index in [1.807, 2.05) is 6.07 Å². The Morgan fingerprint density at radius 3 is 3.06 bits per heavy atom. The summed E-state index contributed by atoms with van der Waals surface area (Å²) in [5.41, 5.74) is 9.36. The average molecular weight is 240 g/mol. The molecular formula is C14H16N4. The highest BCUT2D eigenvalue weighted by Gasteiger charge is 2.20. The van der Waals surface area contributed by atoms with Gasteiger partial charge >= 0.3 is 0 Å². The van der Waals surface area contributed by atoms with Gasteiger partial charge in [-0.2, -0.15) is 0 Å². The summed E-state index contributed by atoms with van der Waals surface area (Å²) in [5.74, 6) is 0.826. The average Bonchev–Trinajstić information content (AvgIpc) is 2.40. The molecule has 0 saturated heterocycles. The van der Waals surface area contributed by atoms with Crippen LogP contribution in [0, 0.1) is 0 Å². The lowest BCUT2D eigenvalue weighted by molar-refractivity contribution is 0.598. The summed E-state index contributed by atoms with van der Waals surface area (Å²) >= 11 is 0. The van der Waals surface area contributed by atoms with Gasteiger partial charge in [0.1, 0.15) is 5.82 Å². The fraction of sp³-hybridized carbons (Fsp3) is 0.286. The zero-order valence-electron chi connectivity index (χ0n) is 10.1. The van der Waals surface area contributed by atoms with Gasteiger partial charge in [-0.15, -0.1) is 0 Å². The van der Waals surface area contributed by atoms with Crippen molar-refractivity contribution < 1.29 is 0 Å². The maximum absolute atomic E-state index is 5.84. The van der Waals surface area contributed by atoms with Gasteiger partial charge in [0.25, 0.3) is 0 Å². The van der Waals surface area contributed by atoms with E-state index in [4.69, 9.17) is 5.73 Å². The van der Waals surface area contributed by atoms with E-state index >= 15 is 0 Å². The van der Waals surface area contributed by atoms with E-state index in [0.717, 1.165) is 24.3 Å². The normalized spacial score (nSPS) is 18.1. The second-order valence-corrected chi connectivity index (χ2v) is 4.64. The lowest BCUT2D eigenvalue weighted by atomic mass is 9.87. The molecule has 0 saturated carbocycles. The largest absolute Gasteiger partial charge is 0.399 e. The second-order valence-electron chi connectivity index (χ2n) is 4.64. The first-order chi connectivity index (χ1) is 8.83. The number of hydrogen-bond donors (Lipinski definition) is 2. The Morgan fingerprint density at radius 2 is 2.22 bits per heavy atom. The van der Waals surface area contributed by atoms with Gasteiger partial charge in [0, 0.05) is 18.1 Å². The molecule has 0 spiro atoms. The molecular weight excluding hydrogens is 224 g/mol. The Hall–Kier alpha value is -2.10. The number of aryl methyl sites for hydroxylation is 1. The van der Waals surface area contributed by atoms with Crippen LogP contribution in [0.3, 0.4) is 0 Å². The van der Waals surface area contributed by atoms with Gasteiger partial charge in [-0.3, -0.25) is 4.98 Å². The molecule has 3 rings (SSSR count). The zero-order valence-corrected chi connectivity index (χ0v) is 10.1. The van der Waals surface area contributed by atoms with Crippen LogP contribution in [0.4, 0.5) is 11.5 Å². The molecule has 4 heteroatoms. The smallest absolute Gasteiger partial charge is 0.144 e. The second kappa shape index (κ2) is 4.64. The lowest BCUT2D eigenvalue weighted by Gasteiger charge is -2.26. The standard InChI is InChI=1S/C14H16N4/c15-11-4-5-12-10(8-11)2-1-3-13(12)18-14-9-16-6-7-17-14/h4-9,13H,1-3,15H2,(H,17,18). The molecule has 0 fully saturated rings. The zero-order chi connectivity index (χ0) is 12.4. The highest BCUT2D eigenvalue weighted by molar-refractivity contribution is 5.49. The number of nitrogens with zero attached hydrogens (tertiary/aromatic N) is 2. The number of benzene rings is 1. The minimum Gasteiger partial charge on any atom is -0.399 e. The fourth-order valence-corrected chi connectivity index (χ4v) is 2.54. The summed E-state index contributed by atoms with van der Waals surface area (Å²) < 4.78 is 0. The van der Waals surface area contributed by atoms with Crippen molar-refractivity contribution in [2.45, 2.75) is 25.3 Å². The lowest BCUT2D eigenvalue weighted by Crippen LogP contribution is -2.18. The maximum Gasteiger partial charge on any atom is 0.144 e. The van der Waals surface area contributed by atoms with Gasteiger partial charge in [-0.25, -0.2) is 4.98 Å². The molecule has 1 aromatic heterocycles. The number of nitrogens with two attached hydrogens (primary N) is 1. The van der Waals surface area contributed by atoms with Crippen molar-refractivity contribution in [2.24, 2.45) is 0 Å². The van der Waals surface area contributed by atoms with Crippen LogP contribution in [0.25, 0.3) is 0 Å². The van der Waals surface area contributed by atoms with Crippen LogP contribution in [-0.4, -0.2) is 9.97 Å². The van der Waals surface area contributed by atoms with E-state index in [2.05, 4.69) is 27.4 Å². The van der Waals surface area contributed by atoms with Crippen molar-refractivity contribution >= 4 is 11.5 Å². The molecule has 92 valence electrons. The first-order valence-electron chi connectivity index (χ1n) is 6.24. The Balaban J connectivity index is 1.87. The van der Waals surface area contributed by atoms with Crippen LogP contribution in [0.1, 0.15) is 30.0 Å². The van der Waals surface area contributed by atoms with Crippen molar-refractivity contribution in [1.29, 1.82) is 0 Å². The molecule has 0 amide bonds. The van der Waals surface area contributed by atoms with Crippen molar-refractivity contribution in [3.63, 3.8) is 0 Å². The van der Waals surface area contributed by atoms with Crippen molar-refractivity contribution in [3.8, 4) is 0 Å². The quantitative estimate of drug-likeness (QED) is 0.792. The fourth-order valence-electron chi connectivity index (χ4n) is 2.54. The Kier molecular flexibility index (Phi) is 2.84. The molecule has 1 aromatic carbocycles. The van der Waals surface area contributed by atoms with Crippen LogP contribution >= 0.6 is 0 Å². The predicted molar refractivity (Wildman–Crippen MR) is 72.2 cm³/mol. The predicted octanol–water partition coefficient (Wildman–Crippen LogP) is 2.55. The highest BCUT2D eigenvalue weighted by Crippen LogP contribution is 2.32. The molecule has 0 radical (unpaired) electrons. The molecule has 1 unspecified atom stereocenters. The number of hydrogen-bond acceptors (Lipinski definition) is 4. The number of aromatic nitrogens is 2. The number of anilines is 2. The Morgan fingerprint density at radius 1 is 1.28 bits per heavy atom. The molecule has 0 bridgehead atoms. The van der Waals surface area contributed by atoms with Crippen LogP contribution in [0.5, 0.6) is 0 Å². The van der Waals surface area contributed by atoms with E-state index in [1.165, 1.54) is 17.5 Å². The molecule has 3 N–H and O–H groups in total. The third kappa shape index (κ3) is 2.14. The van der Waals surface area contributed by atoms with Crippen LogP contribution < -0.4 is 11.1 Å². The third-order valence-electron chi connectivity index (χ3n) is 3.37. The van der Waals surface area contributed by atoms with Crippen LogP contribution in [-0.2, 0) is 6.42 Å². The van der Waals surface area contributed by atoms with Crippen LogP contribution in [0.15, 0.2) is 36.8 Å². The molecule has 2 aromatic rings. The summed E-state index contributed by atoms with van der Waals surface area (Å²) in [7, 11) is 0. The molecule has 4 nitrogen and oxygen atoms in total. The van der Waals surface area contributed by atoms with Gasteiger partial charge < -0.3 is 11.1 Å². The van der Waals surface area contributed by atoms with E-state index in [9.17, 15) is 0 Å². The Bertz CT molecular complexity index is 539. The summed E-state index contributed by atoms with van der Waals surface area (Å²) in [5, 5.41) is 3.44. The van der Waals surface area contributed by atoms with E-state index in [1.54, 1.807) is 18.6 Å². The van der Waals surface area contributed by atoms with Gasteiger partial charge in [0.05, 0.1) is 12.2 Å². The first-order valence-corrected chi connectivity index (χ1v) is 6.24. The van der Waals surface area contributed by atoms with Crippen LogP contribution in [0.2, 0.25) is 0 Å². The summed E-state index contributed by atoms with van der Waals surface area (Å²) in [6, 6.07) is 6.48. The minimum absolute atomic E-state index is 0.311. The minimum atomic E-state index is 0.311. The monoisotopic (exact) mass is 240 g/mol. The van der Waals surface area contributed by atoms with E-state index < -0.39 is 0 Å². The molecule has 1 atom stereocenters. The van der Waals surface area contributed by atoms with Crippen molar-refractivity contribution in [2.75, 3.05) is 11.1 Å². The number of fused-ring (bicyclic) bond motifs is 1. The van der Waals surface area contributed by atoms with Crippen molar-refractivity contribution in [1.82, 2.24) is 9.97 Å². The van der Waals surface area contributed by atoms with Crippen molar-refractivity contribution in [3.05, 3.63) is 47.9 Å². The maximum atomic E-state index is 5.84. The SMILES string of the molecule is Nc1ccc2c(c1)CCCC2Nc1cnccn1. The summed E-state index contributed by atoms with van der Waals surface area (Å²) in [6.07, 6.45) is 8.54. The van der Waals surface area contributed by atoms with Gasteiger partial charge in [0.2, 0.25) is 0 Å². The van der Waals surface area contributed by atoms with Gasteiger partial charge in [-0.05, 0) is 42.5 Å². The molecule has 1 aliphatic rings. The molecule has 18 heavy (non-hydrogen) atoms. The number of nitrogen functional groups attached to an aromatic ring is 1. The number of nitrogens with one attached hydrogen (secondary N) is 1. The van der Waals surface area contributed by atoms with E-state index in [-0.39, 0.29) is 0 Å². The molecule has 0 aliphatic heterocycles. The summed E-state index contributed by atoms with van der Waals surface area (Å²) in [4.78, 5) is 8.34. The number of rotatable bonds is 2. The van der Waals surface area contributed by atoms with E-state index in [0.29, 0.717) is 6.04 Å². The topological polar surface area (TPSA) is 63.8 Å². The molecule has 1 aliphatic carbocycles. The van der Waals surface area contributed by atoms with Gasteiger partial charge in [-0.1, -0.05) is 6.07 Å². The first kappa shape index (κ1) is 11.0. The molecule has 1 heterocycles. The highest BCUT2D eigenvalue weighted by atomic mass is 15.0. The third-order valence-corrected chi connectivity index (χ3v) is 3.37. The van der Waals surface area contributed by atoms with Gasteiger partial charge in [0.15, 0.2) is 0 Å².